The summed E-state index contributed by atoms with van der Waals surface area (Å²) in [5, 5.41) is 0. The van der Waals surface area contributed by atoms with Gasteiger partial charge in [0.05, 0.1) is 7.11 Å². The molecule has 0 N–H and O–H groups in total. The van der Waals surface area contributed by atoms with E-state index in [-0.39, 0.29) is 12.8 Å². The van der Waals surface area contributed by atoms with Gasteiger partial charge in [-0.05, 0) is 41.9 Å². The minimum Gasteiger partial charge on any atom is -0.493 e. The van der Waals surface area contributed by atoms with Crippen molar-refractivity contribution in [2.24, 2.45) is 11.8 Å². The lowest BCUT2D eigenvalue weighted by Gasteiger charge is -2.26. The van der Waals surface area contributed by atoms with Crippen molar-refractivity contribution in [1.82, 2.24) is 9.80 Å². The van der Waals surface area contributed by atoms with Crippen molar-refractivity contribution in [3.63, 3.8) is 0 Å². The summed E-state index contributed by atoms with van der Waals surface area (Å²) in [6.45, 7) is 9.35. The number of hydrogen-bond donors (Lipinski definition) is 0. The maximum atomic E-state index is 12.0. The fourth-order valence-corrected chi connectivity index (χ4v) is 4.26. The van der Waals surface area contributed by atoms with E-state index in [0.717, 1.165) is 37.4 Å². The fraction of sp³-hybridized carbons (Fsp3) is 0.609. The van der Waals surface area contributed by atoms with Crippen molar-refractivity contribution < 1.29 is 19.0 Å². The van der Waals surface area contributed by atoms with Gasteiger partial charge >= 0.3 is 6.03 Å². The maximum absolute atomic E-state index is 12.0. The molecule has 1 saturated heterocycles. The number of rotatable bonds is 9. The number of allylic oxidation sites excluding steroid dienone is 1. The Morgan fingerprint density at radius 2 is 2.03 bits per heavy atom. The van der Waals surface area contributed by atoms with E-state index in [1.807, 2.05) is 11.9 Å². The third kappa shape index (κ3) is 4.80. The lowest BCUT2D eigenvalue weighted by Crippen LogP contribution is -2.29. The lowest BCUT2D eigenvalue weighted by atomic mass is 9.80. The summed E-state index contributed by atoms with van der Waals surface area (Å²) in [6, 6.07) is 4.30. The van der Waals surface area contributed by atoms with Crippen molar-refractivity contribution in [2.75, 3.05) is 40.6 Å². The highest BCUT2D eigenvalue weighted by molar-refractivity contribution is 5.76. The van der Waals surface area contributed by atoms with E-state index in [9.17, 15) is 4.79 Å². The van der Waals surface area contributed by atoms with Crippen LogP contribution in [0, 0.1) is 11.8 Å². The number of fused-ring (bicyclic) bond motifs is 1. The monoisotopic (exact) mass is 402 g/mol. The van der Waals surface area contributed by atoms with Crippen molar-refractivity contribution in [1.29, 1.82) is 0 Å². The number of likely N-dealkylation sites (N-methyl/N-ethyl adjacent to an activating group) is 1. The first kappa shape index (κ1) is 21.3. The molecule has 160 valence electrons. The molecule has 0 bridgehead atoms. The molecule has 2 unspecified atom stereocenters. The highest BCUT2D eigenvalue weighted by Gasteiger charge is 2.26. The number of carbonyl (C=O) groups excluding carboxylic acids is 1. The molecule has 6 heteroatoms. The molecule has 1 fully saturated rings. The Balaban J connectivity index is 1.60. The van der Waals surface area contributed by atoms with Crippen molar-refractivity contribution in [2.45, 2.75) is 39.5 Å². The first-order valence-electron chi connectivity index (χ1n) is 10.6. The molecule has 0 radical (unpaired) electrons. The van der Waals surface area contributed by atoms with Gasteiger partial charge in [0.1, 0.15) is 0 Å². The normalized spacial score (nSPS) is 19.1. The van der Waals surface area contributed by atoms with Crippen LogP contribution in [0.2, 0.25) is 0 Å². The Hall–Kier alpha value is -2.37. The fourth-order valence-electron chi connectivity index (χ4n) is 4.26. The van der Waals surface area contributed by atoms with E-state index in [1.54, 1.807) is 12.0 Å². The molecule has 2 aliphatic heterocycles. The van der Waals surface area contributed by atoms with E-state index in [1.165, 1.54) is 5.56 Å². The molecule has 1 aromatic carbocycles. The Morgan fingerprint density at radius 1 is 1.24 bits per heavy atom. The zero-order valence-corrected chi connectivity index (χ0v) is 18.3. The van der Waals surface area contributed by atoms with Crippen molar-refractivity contribution >= 4 is 6.03 Å². The standard InChI is InChI=1S/C23H34N2O4/c1-6-18(12-16(2)8-7-9-25-11-10-24(4)23(25)26)17(3)19-13-20(27-5)22-21(14-19)28-15-29-22/h7-8,13-14,16-18H,6,9-12,15H2,1-5H3/t16?,17-,18?/m1/s1. The second-order valence-electron chi connectivity index (χ2n) is 8.21. The summed E-state index contributed by atoms with van der Waals surface area (Å²) >= 11 is 0. The molecule has 2 heterocycles. The molecule has 2 amide bonds. The van der Waals surface area contributed by atoms with Gasteiger partial charge in [-0.15, -0.1) is 0 Å². The SMILES string of the molecule is CCC(CC(C)C=CCN1CCN(C)C1=O)[C@@H](C)c1cc(OC)c2c(c1)OCO2. The molecule has 3 rings (SSSR count). The molecule has 0 aromatic heterocycles. The first-order valence-corrected chi connectivity index (χ1v) is 10.6. The minimum atomic E-state index is 0.124. The highest BCUT2D eigenvalue weighted by atomic mass is 16.7. The van der Waals surface area contributed by atoms with Gasteiger partial charge in [-0.2, -0.15) is 0 Å². The maximum Gasteiger partial charge on any atom is 0.320 e. The van der Waals surface area contributed by atoms with Crippen molar-refractivity contribution in [3.05, 3.63) is 29.8 Å². The summed E-state index contributed by atoms with van der Waals surface area (Å²) in [5.41, 5.74) is 1.22. The Labute approximate surface area is 174 Å². The number of carbonyl (C=O) groups is 1. The van der Waals surface area contributed by atoms with Crippen LogP contribution in [0.4, 0.5) is 4.79 Å². The van der Waals surface area contributed by atoms with Crippen LogP contribution >= 0.6 is 0 Å². The third-order valence-corrected chi connectivity index (χ3v) is 6.21. The van der Waals surface area contributed by atoms with Crippen LogP contribution in [0.15, 0.2) is 24.3 Å². The topological polar surface area (TPSA) is 51.2 Å². The highest BCUT2D eigenvalue weighted by Crippen LogP contribution is 2.45. The van der Waals surface area contributed by atoms with E-state index >= 15 is 0 Å². The molecule has 0 saturated carbocycles. The largest absolute Gasteiger partial charge is 0.493 e. The Morgan fingerprint density at radius 3 is 2.69 bits per heavy atom. The molecule has 3 atom stereocenters. The predicted octanol–water partition coefficient (Wildman–Crippen LogP) is 4.50. The van der Waals surface area contributed by atoms with Gasteiger partial charge in [0.25, 0.3) is 0 Å². The van der Waals surface area contributed by atoms with Crippen LogP contribution in [0.3, 0.4) is 0 Å². The van der Waals surface area contributed by atoms with Crippen LogP contribution in [-0.2, 0) is 0 Å². The summed E-state index contributed by atoms with van der Waals surface area (Å²) in [6.07, 6.45) is 6.59. The number of ether oxygens (including phenoxy) is 3. The smallest absolute Gasteiger partial charge is 0.320 e. The molecule has 0 aliphatic carbocycles. The molecule has 6 nitrogen and oxygen atoms in total. The molecule has 0 spiro atoms. The molecule has 29 heavy (non-hydrogen) atoms. The molecule has 2 aliphatic rings. The number of urea groups is 1. The van der Waals surface area contributed by atoms with Crippen LogP contribution in [0.25, 0.3) is 0 Å². The zero-order valence-electron chi connectivity index (χ0n) is 18.3. The van der Waals surface area contributed by atoms with Gasteiger partial charge in [-0.3, -0.25) is 0 Å². The summed E-state index contributed by atoms with van der Waals surface area (Å²) in [7, 11) is 3.52. The van der Waals surface area contributed by atoms with E-state index in [4.69, 9.17) is 14.2 Å². The van der Waals surface area contributed by atoms with Gasteiger partial charge in [0.2, 0.25) is 12.5 Å². The van der Waals surface area contributed by atoms with Gasteiger partial charge in [0.15, 0.2) is 11.5 Å². The lowest BCUT2D eigenvalue weighted by molar-refractivity contribution is 0.171. The van der Waals surface area contributed by atoms with Crippen LogP contribution in [0.1, 0.15) is 45.1 Å². The first-order chi connectivity index (χ1) is 13.9. The number of amides is 2. The zero-order chi connectivity index (χ0) is 21.0. The average Bonchev–Trinajstić information content (AvgIpc) is 3.32. The summed E-state index contributed by atoms with van der Waals surface area (Å²) in [4.78, 5) is 15.6. The Kier molecular flexibility index (Phi) is 6.93. The summed E-state index contributed by atoms with van der Waals surface area (Å²) in [5.74, 6) is 3.59. The van der Waals surface area contributed by atoms with Crippen molar-refractivity contribution in [3.8, 4) is 17.2 Å². The number of hydrogen-bond acceptors (Lipinski definition) is 4. The molecule has 1 aromatic rings. The average molecular weight is 403 g/mol. The van der Waals surface area contributed by atoms with Gasteiger partial charge in [-0.1, -0.05) is 39.3 Å². The molecular formula is C23H34N2O4. The van der Waals surface area contributed by atoms with Gasteiger partial charge < -0.3 is 24.0 Å². The number of nitrogens with zero attached hydrogens (tertiary/aromatic N) is 2. The van der Waals surface area contributed by atoms with Crippen LogP contribution in [0.5, 0.6) is 17.2 Å². The molecular weight excluding hydrogens is 368 g/mol. The van der Waals surface area contributed by atoms with Gasteiger partial charge in [0, 0.05) is 26.7 Å². The van der Waals surface area contributed by atoms with Crippen LogP contribution < -0.4 is 14.2 Å². The Bertz CT molecular complexity index is 749. The second kappa shape index (κ2) is 9.42. The van der Waals surface area contributed by atoms with Gasteiger partial charge in [-0.25, -0.2) is 4.79 Å². The van der Waals surface area contributed by atoms with Crippen LogP contribution in [-0.4, -0.2) is 56.4 Å². The number of methoxy groups -OCH3 is 1. The second-order valence-corrected chi connectivity index (χ2v) is 8.21. The third-order valence-electron chi connectivity index (χ3n) is 6.21. The van der Waals surface area contributed by atoms with E-state index in [0.29, 0.717) is 30.0 Å². The van der Waals surface area contributed by atoms with E-state index in [2.05, 4.69) is 45.1 Å². The van der Waals surface area contributed by atoms with E-state index < -0.39 is 0 Å². The quantitative estimate of drug-likeness (QED) is 0.571. The summed E-state index contributed by atoms with van der Waals surface area (Å²) < 4.78 is 16.6. The minimum absolute atomic E-state index is 0.124. The number of benzene rings is 1. The predicted molar refractivity (Wildman–Crippen MR) is 114 cm³/mol.